The molecule has 3 aliphatic heterocycles. The van der Waals surface area contributed by atoms with Crippen molar-refractivity contribution in [2.75, 3.05) is 32.7 Å². The molecule has 1 aromatic heterocycles. The van der Waals surface area contributed by atoms with Gasteiger partial charge in [0, 0.05) is 44.4 Å². The smallest absolute Gasteiger partial charge is 0.292 e. The Bertz CT molecular complexity index is 1210. The number of sulfonamides is 1. The second-order valence-electron chi connectivity index (χ2n) is 8.19. The van der Waals surface area contributed by atoms with Crippen LogP contribution in [-0.2, 0) is 14.8 Å². The summed E-state index contributed by atoms with van der Waals surface area (Å²) in [4.78, 5) is 31.3. The molecule has 32 heavy (non-hydrogen) atoms. The lowest BCUT2D eigenvalue weighted by Crippen LogP contribution is -2.55. The first-order valence-corrected chi connectivity index (χ1v) is 12.0. The quantitative estimate of drug-likeness (QED) is 0.657. The zero-order valence-corrected chi connectivity index (χ0v) is 18.4. The monoisotopic (exact) mass is 457 g/mol. The van der Waals surface area contributed by atoms with Crippen molar-refractivity contribution in [2.45, 2.75) is 30.7 Å². The van der Waals surface area contributed by atoms with E-state index in [0.29, 0.717) is 56.2 Å². The number of fused-ring (bicyclic) bond motifs is 1. The second kappa shape index (κ2) is 7.73. The van der Waals surface area contributed by atoms with E-state index in [0.717, 1.165) is 6.42 Å². The van der Waals surface area contributed by atoms with Crippen LogP contribution in [0.2, 0.25) is 0 Å². The molecule has 0 aliphatic carbocycles. The van der Waals surface area contributed by atoms with Gasteiger partial charge in [0.25, 0.3) is 15.9 Å². The normalized spacial score (nSPS) is 22.1. The molecule has 0 N–H and O–H groups in total. The third-order valence-electron chi connectivity index (χ3n) is 6.14. The summed E-state index contributed by atoms with van der Waals surface area (Å²) in [5.41, 5.74) is 1.19. The SMILES string of the molecule is Cc1cc(C(=O)N2CCN(C(=O)[C@@H]3CCCN3C3=NS(=O)(=O)c4ccccc43)CC2)on1. The number of likely N-dealkylation sites (tertiary alicyclic amines) is 1. The summed E-state index contributed by atoms with van der Waals surface area (Å²) in [6.45, 7) is 3.93. The molecule has 2 saturated heterocycles. The van der Waals surface area contributed by atoms with E-state index in [1.54, 1.807) is 47.1 Å². The summed E-state index contributed by atoms with van der Waals surface area (Å²) in [6.07, 6.45) is 1.41. The fourth-order valence-corrected chi connectivity index (χ4v) is 5.75. The summed E-state index contributed by atoms with van der Waals surface area (Å²) < 4.78 is 34.0. The Morgan fingerprint density at radius 1 is 1.06 bits per heavy atom. The highest BCUT2D eigenvalue weighted by Gasteiger charge is 2.41. The van der Waals surface area contributed by atoms with Crippen LogP contribution in [0.1, 0.15) is 34.7 Å². The Kier molecular flexibility index (Phi) is 5.00. The molecule has 0 unspecified atom stereocenters. The number of benzene rings is 1. The highest BCUT2D eigenvalue weighted by Crippen LogP contribution is 2.31. The van der Waals surface area contributed by atoms with E-state index in [1.165, 1.54) is 0 Å². The van der Waals surface area contributed by atoms with Gasteiger partial charge in [0.1, 0.15) is 10.9 Å². The van der Waals surface area contributed by atoms with Crippen LogP contribution in [0.3, 0.4) is 0 Å². The van der Waals surface area contributed by atoms with Crippen molar-refractivity contribution in [1.82, 2.24) is 19.9 Å². The number of amides is 2. The van der Waals surface area contributed by atoms with Crippen LogP contribution in [0.4, 0.5) is 0 Å². The maximum Gasteiger partial charge on any atom is 0.292 e. The van der Waals surface area contributed by atoms with Gasteiger partial charge in [-0.3, -0.25) is 9.59 Å². The van der Waals surface area contributed by atoms with E-state index in [-0.39, 0.29) is 22.5 Å². The number of rotatable bonds is 2. The van der Waals surface area contributed by atoms with Gasteiger partial charge in [-0.15, -0.1) is 4.40 Å². The summed E-state index contributed by atoms with van der Waals surface area (Å²) >= 11 is 0. The number of hydrogen-bond donors (Lipinski definition) is 0. The molecular formula is C21H23N5O5S. The number of aryl methyl sites for hydroxylation is 1. The zero-order valence-electron chi connectivity index (χ0n) is 17.6. The first kappa shape index (κ1) is 20.7. The molecule has 10 nitrogen and oxygen atoms in total. The highest BCUT2D eigenvalue weighted by atomic mass is 32.2. The predicted octanol–water partition coefficient (Wildman–Crippen LogP) is 0.881. The molecule has 2 aromatic rings. The van der Waals surface area contributed by atoms with Crippen molar-refractivity contribution in [3.8, 4) is 0 Å². The maximum absolute atomic E-state index is 13.3. The summed E-state index contributed by atoms with van der Waals surface area (Å²) in [5, 5.41) is 3.75. The summed E-state index contributed by atoms with van der Waals surface area (Å²) in [7, 11) is -3.74. The molecule has 3 aliphatic rings. The van der Waals surface area contributed by atoms with Crippen LogP contribution in [-0.4, -0.2) is 84.7 Å². The topological polar surface area (TPSA) is 116 Å². The van der Waals surface area contributed by atoms with E-state index in [1.807, 2.05) is 4.90 Å². The molecule has 5 rings (SSSR count). The molecular weight excluding hydrogens is 434 g/mol. The van der Waals surface area contributed by atoms with E-state index in [9.17, 15) is 18.0 Å². The standard InChI is InChI=1S/C21H23N5O5S/c1-14-13-17(31-22-14)21(28)25-11-9-24(10-12-25)20(27)16-6-4-8-26(16)19-15-5-2-3-7-18(15)32(29,30)23-19/h2-3,5,7,13,16H,4,6,8-12H2,1H3/t16-/m0/s1. The third-order valence-corrected chi connectivity index (χ3v) is 7.46. The van der Waals surface area contributed by atoms with Crippen LogP contribution in [0.25, 0.3) is 0 Å². The number of amidine groups is 1. The molecule has 0 saturated carbocycles. The molecule has 0 spiro atoms. The van der Waals surface area contributed by atoms with Crippen molar-refractivity contribution < 1.29 is 22.5 Å². The molecule has 1 atom stereocenters. The Balaban J connectivity index is 1.29. The maximum atomic E-state index is 13.3. The molecule has 0 radical (unpaired) electrons. The van der Waals surface area contributed by atoms with Crippen molar-refractivity contribution in [3.05, 3.63) is 47.3 Å². The van der Waals surface area contributed by atoms with Gasteiger partial charge in [-0.25, -0.2) is 0 Å². The Labute approximate surface area is 185 Å². The van der Waals surface area contributed by atoms with Gasteiger partial charge in [0.2, 0.25) is 11.7 Å². The minimum absolute atomic E-state index is 0.0606. The molecule has 2 amide bonds. The van der Waals surface area contributed by atoms with Crippen LogP contribution < -0.4 is 0 Å². The van der Waals surface area contributed by atoms with Gasteiger partial charge in [-0.2, -0.15) is 8.42 Å². The Morgan fingerprint density at radius 3 is 2.50 bits per heavy atom. The number of nitrogens with zero attached hydrogens (tertiary/aromatic N) is 5. The van der Waals surface area contributed by atoms with Gasteiger partial charge in [-0.05, 0) is 31.9 Å². The predicted molar refractivity (Wildman–Crippen MR) is 114 cm³/mol. The minimum atomic E-state index is -3.74. The van der Waals surface area contributed by atoms with Gasteiger partial charge >= 0.3 is 0 Å². The first-order chi connectivity index (χ1) is 15.3. The number of carbonyl (C=O) groups is 2. The number of aromatic nitrogens is 1. The zero-order chi connectivity index (χ0) is 22.5. The second-order valence-corrected chi connectivity index (χ2v) is 9.76. The molecule has 1 aromatic carbocycles. The average Bonchev–Trinajstić information content (AvgIpc) is 3.51. The van der Waals surface area contributed by atoms with E-state index in [4.69, 9.17) is 4.52 Å². The Hall–Kier alpha value is -3.21. The lowest BCUT2D eigenvalue weighted by Gasteiger charge is -2.37. The van der Waals surface area contributed by atoms with Crippen molar-refractivity contribution in [2.24, 2.45) is 4.40 Å². The van der Waals surface area contributed by atoms with E-state index in [2.05, 4.69) is 9.55 Å². The number of hydrogen-bond acceptors (Lipinski definition) is 7. The molecule has 168 valence electrons. The van der Waals surface area contributed by atoms with Crippen molar-refractivity contribution in [1.29, 1.82) is 0 Å². The van der Waals surface area contributed by atoms with Gasteiger partial charge < -0.3 is 19.2 Å². The number of piperazine rings is 1. The lowest BCUT2D eigenvalue weighted by atomic mass is 10.1. The number of carbonyl (C=O) groups excluding carboxylic acids is 2. The van der Waals surface area contributed by atoms with Crippen LogP contribution in [0, 0.1) is 6.92 Å². The van der Waals surface area contributed by atoms with Gasteiger partial charge in [0.15, 0.2) is 5.84 Å². The van der Waals surface area contributed by atoms with Crippen LogP contribution in [0.15, 0.2) is 44.1 Å². The van der Waals surface area contributed by atoms with Crippen molar-refractivity contribution in [3.63, 3.8) is 0 Å². The molecule has 11 heteroatoms. The minimum Gasteiger partial charge on any atom is -0.351 e. The average molecular weight is 458 g/mol. The largest absolute Gasteiger partial charge is 0.351 e. The molecule has 0 bridgehead atoms. The fourth-order valence-electron chi connectivity index (χ4n) is 4.53. The third kappa shape index (κ3) is 3.46. The Morgan fingerprint density at radius 2 is 1.78 bits per heavy atom. The lowest BCUT2D eigenvalue weighted by molar-refractivity contribution is -0.136. The van der Waals surface area contributed by atoms with Crippen molar-refractivity contribution >= 4 is 27.7 Å². The van der Waals surface area contributed by atoms with E-state index < -0.39 is 16.1 Å². The van der Waals surface area contributed by atoms with Gasteiger partial charge in [-0.1, -0.05) is 17.3 Å². The fraction of sp³-hybridized carbons (Fsp3) is 0.429. The summed E-state index contributed by atoms with van der Waals surface area (Å²) in [5.74, 6) is 0.256. The molecule has 4 heterocycles. The van der Waals surface area contributed by atoms with Crippen LogP contribution in [0.5, 0.6) is 0 Å². The van der Waals surface area contributed by atoms with Gasteiger partial charge in [0.05, 0.1) is 5.69 Å². The highest BCUT2D eigenvalue weighted by molar-refractivity contribution is 7.90. The summed E-state index contributed by atoms with van der Waals surface area (Å²) in [6, 6.07) is 7.85. The van der Waals surface area contributed by atoms with E-state index >= 15 is 0 Å². The van der Waals surface area contributed by atoms with Crippen LogP contribution >= 0.6 is 0 Å². The first-order valence-electron chi connectivity index (χ1n) is 10.6. The molecule has 2 fully saturated rings.